The molecule has 1 rings (SSSR count). The van der Waals surface area contributed by atoms with Crippen LogP contribution in [0, 0.1) is 5.92 Å². The minimum absolute atomic E-state index is 0.674. The topological polar surface area (TPSA) is 29.3 Å². The largest absolute Gasteiger partial charge is 0.269 e. The zero-order chi connectivity index (χ0) is 9.68. The summed E-state index contributed by atoms with van der Waals surface area (Å²) in [6, 6.07) is 0.674. The predicted octanol–water partition coefficient (Wildman–Crippen LogP) is 2.54. The van der Waals surface area contributed by atoms with Crippen LogP contribution in [-0.2, 0) is 0 Å². The number of hydrogen-bond acceptors (Lipinski definition) is 2. The first-order chi connectivity index (χ1) is 6.20. The zero-order valence-electron chi connectivity index (χ0n) is 9.13. The molecule has 1 aliphatic rings. The molecule has 0 aromatic heterocycles. The Labute approximate surface area is 82.5 Å². The van der Waals surface area contributed by atoms with E-state index in [1.165, 1.54) is 38.5 Å². The first-order valence-electron chi connectivity index (χ1n) is 5.71. The highest BCUT2D eigenvalue weighted by Gasteiger charge is 2.17. The predicted molar refractivity (Wildman–Crippen MR) is 57.2 cm³/mol. The van der Waals surface area contributed by atoms with Gasteiger partial charge in [0.25, 0.3) is 0 Å². The number of hydrazine groups is 1. The van der Waals surface area contributed by atoms with Crippen molar-refractivity contribution < 1.29 is 0 Å². The summed E-state index contributed by atoms with van der Waals surface area (Å²) < 4.78 is 0. The van der Waals surface area contributed by atoms with Crippen molar-refractivity contribution in [2.75, 3.05) is 6.54 Å². The van der Waals surface area contributed by atoms with Crippen LogP contribution in [0.4, 0.5) is 0 Å². The van der Waals surface area contributed by atoms with Gasteiger partial charge in [-0.3, -0.25) is 5.84 Å². The summed E-state index contributed by atoms with van der Waals surface area (Å²) in [5.74, 6) is 6.80. The fourth-order valence-corrected chi connectivity index (χ4v) is 2.00. The Kier molecular flexibility index (Phi) is 4.74. The number of hydrogen-bond donors (Lipinski definition) is 1. The van der Waals surface area contributed by atoms with Crippen LogP contribution in [0.1, 0.15) is 52.4 Å². The Morgan fingerprint density at radius 3 is 2.38 bits per heavy atom. The second kappa shape index (κ2) is 5.61. The molecule has 1 saturated carbocycles. The van der Waals surface area contributed by atoms with Gasteiger partial charge in [0, 0.05) is 12.6 Å². The van der Waals surface area contributed by atoms with Crippen LogP contribution in [0.2, 0.25) is 0 Å². The molecule has 0 heterocycles. The third kappa shape index (κ3) is 4.10. The molecular formula is C11H24N2. The van der Waals surface area contributed by atoms with E-state index in [0.717, 1.165) is 12.5 Å². The molecule has 0 saturated heterocycles. The zero-order valence-corrected chi connectivity index (χ0v) is 9.13. The van der Waals surface area contributed by atoms with E-state index in [-0.39, 0.29) is 0 Å². The van der Waals surface area contributed by atoms with Crippen molar-refractivity contribution in [3.8, 4) is 0 Å². The number of nitrogens with two attached hydrogens (primary N) is 1. The average molecular weight is 184 g/mol. The summed E-state index contributed by atoms with van der Waals surface area (Å²) in [6.07, 6.45) is 8.02. The molecule has 78 valence electrons. The van der Waals surface area contributed by atoms with Crippen LogP contribution >= 0.6 is 0 Å². The molecule has 2 nitrogen and oxygen atoms in total. The Morgan fingerprint density at radius 2 is 1.85 bits per heavy atom. The molecule has 0 unspecified atom stereocenters. The van der Waals surface area contributed by atoms with Gasteiger partial charge in [-0.25, -0.2) is 5.01 Å². The Hall–Kier alpha value is -0.0800. The van der Waals surface area contributed by atoms with Gasteiger partial charge in [-0.05, 0) is 25.2 Å². The normalized spacial score (nSPS) is 20.1. The van der Waals surface area contributed by atoms with Crippen molar-refractivity contribution in [2.24, 2.45) is 11.8 Å². The first-order valence-corrected chi connectivity index (χ1v) is 5.71. The van der Waals surface area contributed by atoms with E-state index in [9.17, 15) is 0 Å². The molecule has 0 aliphatic heterocycles. The van der Waals surface area contributed by atoms with Crippen molar-refractivity contribution in [1.82, 2.24) is 5.01 Å². The molecule has 0 atom stereocenters. The van der Waals surface area contributed by atoms with Crippen LogP contribution < -0.4 is 5.84 Å². The lowest BCUT2D eigenvalue weighted by molar-refractivity contribution is 0.151. The third-order valence-corrected chi connectivity index (χ3v) is 3.01. The smallest absolute Gasteiger partial charge is 0.0241 e. The van der Waals surface area contributed by atoms with E-state index in [1.807, 2.05) is 0 Å². The molecule has 13 heavy (non-hydrogen) atoms. The highest BCUT2D eigenvalue weighted by molar-refractivity contribution is 4.72. The molecule has 0 radical (unpaired) electrons. The van der Waals surface area contributed by atoms with Gasteiger partial charge in [-0.1, -0.05) is 33.1 Å². The van der Waals surface area contributed by atoms with Crippen molar-refractivity contribution in [3.05, 3.63) is 0 Å². The maximum absolute atomic E-state index is 6.03. The van der Waals surface area contributed by atoms with Gasteiger partial charge in [0.05, 0.1) is 0 Å². The van der Waals surface area contributed by atoms with E-state index in [2.05, 4.69) is 18.9 Å². The third-order valence-electron chi connectivity index (χ3n) is 3.01. The second-order valence-corrected chi connectivity index (χ2v) is 4.71. The summed E-state index contributed by atoms with van der Waals surface area (Å²) in [6.45, 7) is 5.59. The lowest BCUT2D eigenvalue weighted by atomic mass is 9.95. The lowest BCUT2D eigenvalue weighted by Crippen LogP contribution is -2.43. The highest BCUT2D eigenvalue weighted by Crippen LogP contribution is 2.21. The van der Waals surface area contributed by atoms with E-state index in [0.29, 0.717) is 6.04 Å². The molecule has 0 amide bonds. The first kappa shape index (κ1) is 11.0. The minimum Gasteiger partial charge on any atom is -0.269 e. The fraction of sp³-hybridized carbons (Fsp3) is 1.00. The molecule has 0 aromatic rings. The summed E-state index contributed by atoms with van der Waals surface area (Å²) in [7, 11) is 0. The van der Waals surface area contributed by atoms with Gasteiger partial charge >= 0.3 is 0 Å². The van der Waals surface area contributed by atoms with E-state index < -0.39 is 0 Å². The Morgan fingerprint density at radius 1 is 1.23 bits per heavy atom. The standard InChI is InChI=1S/C11H24N2/c1-10(2)8-9-13(12)11-6-4-3-5-7-11/h10-11H,3-9,12H2,1-2H3. The Balaban J connectivity index is 2.17. The van der Waals surface area contributed by atoms with Crippen molar-refractivity contribution in [2.45, 2.75) is 58.4 Å². The summed E-state index contributed by atoms with van der Waals surface area (Å²) >= 11 is 0. The molecule has 2 N–H and O–H groups in total. The maximum atomic E-state index is 6.03. The number of nitrogens with zero attached hydrogens (tertiary/aromatic N) is 1. The highest BCUT2D eigenvalue weighted by atomic mass is 15.4. The number of rotatable bonds is 4. The molecule has 0 bridgehead atoms. The molecule has 1 aliphatic carbocycles. The van der Waals surface area contributed by atoms with E-state index in [1.54, 1.807) is 0 Å². The van der Waals surface area contributed by atoms with Crippen molar-refractivity contribution >= 4 is 0 Å². The van der Waals surface area contributed by atoms with Crippen molar-refractivity contribution in [1.29, 1.82) is 0 Å². The van der Waals surface area contributed by atoms with E-state index in [4.69, 9.17) is 5.84 Å². The molecule has 0 spiro atoms. The lowest BCUT2D eigenvalue weighted by Gasteiger charge is -2.30. The minimum atomic E-state index is 0.674. The second-order valence-electron chi connectivity index (χ2n) is 4.71. The van der Waals surface area contributed by atoms with Gasteiger partial charge in [-0.15, -0.1) is 0 Å². The van der Waals surface area contributed by atoms with Gasteiger partial charge in [0.1, 0.15) is 0 Å². The van der Waals surface area contributed by atoms with Crippen LogP contribution in [0.5, 0.6) is 0 Å². The molecule has 1 fully saturated rings. The van der Waals surface area contributed by atoms with Crippen LogP contribution in [-0.4, -0.2) is 17.6 Å². The van der Waals surface area contributed by atoms with Crippen LogP contribution in [0.3, 0.4) is 0 Å². The molecule has 2 heteroatoms. The SMILES string of the molecule is CC(C)CCN(N)C1CCCCC1. The van der Waals surface area contributed by atoms with Crippen LogP contribution in [0.25, 0.3) is 0 Å². The van der Waals surface area contributed by atoms with Gasteiger partial charge in [0.2, 0.25) is 0 Å². The summed E-state index contributed by atoms with van der Waals surface area (Å²) in [4.78, 5) is 0. The maximum Gasteiger partial charge on any atom is 0.0241 e. The van der Waals surface area contributed by atoms with Gasteiger partial charge < -0.3 is 0 Å². The average Bonchev–Trinajstić information content (AvgIpc) is 2.15. The molecular weight excluding hydrogens is 160 g/mol. The molecule has 0 aromatic carbocycles. The van der Waals surface area contributed by atoms with Gasteiger partial charge in [0.15, 0.2) is 0 Å². The summed E-state index contributed by atoms with van der Waals surface area (Å²) in [5.41, 5.74) is 0. The van der Waals surface area contributed by atoms with Crippen LogP contribution in [0.15, 0.2) is 0 Å². The monoisotopic (exact) mass is 184 g/mol. The quantitative estimate of drug-likeness (QED) is 0.537. The van der Waals surface area contributed by atoms with E-state index >= 15 is 0 Å². The Bertz CT molecular complexity index is 128. The van der Waals surface area contributed by atoms with Gasteiger partial charge in [-0.2, -0.15) is 0 Å². The fourth-order valence-electron chi connectivity index (χ4n) is 2.00. The van der Waals surface area contributed by atoms with Crippen molar-refractivity contribution in [3.63, 3.8) is 0 Å². The summed E-state index contributed by atoms with van der Waals surface area (Å²) in [5, 5.41) is 2.08.